The highest BCUT2D eigenvalue weighted by Crippen LogP contribution is 2.28. The number of anilines is 1. The predicted octanol–water partition coefficient (Wildman–Crippen LogP) is 5.83. The number of carbonyl (C=O) groups is 1. The molecule has 0 atom stereocenters. The Bertz CT molecular complexity index is 993. The molecule has 0 saturated heterocycles. The van der Waals surface area contributed by atoms with E-state index < -0.39 is 0 Å². The molecule has 0 unspecified atom stereocenters. The Morgan fingerprint density at radius 3 is 2.67 bits per heavy atom. The van der Waals surface area contributed by atoms with E-state index in [1.807, 2.05) is 49.4 Å². The summed E-state index contributed by atoms with van der Waals surface area (Å²) in [5.41, 5.74) is 4.07. The summed E-state index contributed by atoms with van der Waals surface area (Å²) in [5, 5.41) is 7.60. The molecular weight excluding hydrogens is 394 g/mol. The van der Waals surface area contributed by atoms with Gasteiger partial charge in [0.05, 0.1) is 11.4 Å². The van der Waals surface area contributed by atoms with Crippen LogP contribution in [0.4, 0.5) is 5.69 Å². The molecule has 0 spiro atoms. The van der Waals surface area contributed by atoms with Gasteiger partial charge in [-0.05, 0) is 48.3 Å². The second kappa shape index (κ2) is 8.82. The second-order valence-electron chi connectivity index (χ2n) is 6.41. The minimum atomic E-state index is -0.0384. The van der Waals surface area contributed by atoms with Crippen molar-refractivity contribution < 1.29 is 4.79 Å². The number of aromatic nitrogens is 2. The third-order valence-corrected chi connectivity index (χ3v) is 6.41. The van der Waals surface area contributed by atoms with Crippen molar-refractivity contribution in [3.63, 3.8) is 0 Å². The fourth-order valence-corrected chi connectivity index (χ4v) is 4.86. The topological polar surface area (TPSA) is 46.9 Å². The van der Waals surface area contributed by atoms with Gasteiger partial charge in [-0.2, -0.15) is 0 Å². The molecule has 0 aliphatic heterocycles. The molecule has 7 heteroatoms. The van der Waals surface area contributed by atoms with E-state index in [4.69, 9.17) is 12.2 Å². The van der Waals surface area contributed by atoms with Crippen molar-refractivity contribution in [2.24, 2.45) is 0 Å². The number of thioether (sulfide) groups is 1. The maximum Gasteiger partial charge on any atom is 0.234 e. The van der Waals surface area contributed by atoms with E-state index in [2.05, 4.69) is 30.3 Å². The molecule has 4 nitrogen and oxygen atoms in total. The van der Waals surface area contributed by atoms with Gasteiger partial charge in [0, 0.05) is 5.69 Å². The highest BCUT2D eigenvalue weighted by molar-refractivity contribution is 8.01. The zero-order chi connectivity index (χ0) is 19.4. The molecule has 27 heavy (non-hydrogen) atoms. The summed E-state index contributed by atoms with van der Waals surface area (Å²) < 4.78 is 3.19. The molecule has 3 aromatic rings. The molecule has 140 valence electrons. The molecule has 0 radical (unpaired) electrons. The first-order valence-electron chi connectivity index (χ1n) is 8.63. The van der Waals surface area contributed by atoms with Gasteiger partial charge in [0.1, 0.15) is 0 Å². The number of rotatable bonds is 6. The summed E-state index contributed by atoms with van der Waals surface area (Å²) >= 11 is 8.23. The Kier molecular flexibility index (Phi) is 6.46. The van der Waals surface area contributed by atoms with Crippen molar-refractivity contribution in [1.29, 1.82) is 0 Å². The summed E-state index contributed by atoms with van der Waals surface area (Å²) in [4.78, 5) is 12.5. The van der Waals surface area contributed by atoms with Crippen LogP contribution in [0.2, 0.25) is 0 Å². The zero-order valence-corrected chi connectivity index (χ0v) is 17.9. The second-order valence-corrected chi connectivity index (χ2v) is 9.26. The number of hydrogen-bond donors (Lipinski definition) is 1. The van der Waals surface area contributed by atoms with Gasteiger partial charge >= 0.3 is 0 Å². The van der Waals surface area contributed by atoms with E-state index in [-0.39, 0.29) is 5.91 Å². The number of carbonyl (C=O) groups excluding carboxylic acids is 1. The van der Waals surface area contributed by atoms with Crippen molar-refractivity contribution >= 4 is 46.9 Å². The van der Waals surface area contributed by atoms with Crippen LogP contribution in [-0.2, 0) is 4.79 Å². The molecular formula is C20H21N3OS3. The first-order chi connectivity index (χ1) is 13.0. The summed E-state index contributed by atoms with van der Waals surface area (Å²) in [6.45, 7) is 6.27. The lowest BCUT2D eigenvalue weighted by molar-refractivity contribution is -0.113. The van der Waals surface area contributed by atoms with Gasteiger partial charge in [0.15, 0.2) is 8.29 Å². The fraction of sp³-hybridized carbons (Fsp3) is 0.250. The van der Waals surface area contributed by atoms with Crippen molar-refractivity contribution in [3.8, 4) is 5.69 Å². The van der Waals surface area contributed by atoms with Gasteiger partial charge in [-0.1, -0.05) is 73.3 Å². The summed E-state index contributed by atoms with van der Waals surface area (Å²) in [6, 6.07) is 15.9. The van der Waals surface area contributed by atoms with Gasteiger partial charge in [-0.15, -0.1) is 5.10 Å². The number of nitrogens with one attached hydrogen (secondary N) is 1. The fourth-order valence-electron chi connectivity index (χ4n) is 2.70. The number of hydrogen-bond acceptors (Lipinski definition) is 5. The monoisotopic (exact) mass is 415 g/mol. The summed E-state index contributed by atoms with van der Waals surface area (Å²) in [5.74, 6) is 0.603. The van der Waals surface area contributed by atoms with Crippen LogP contribution in [0.1, 0.15) is 30.9 Å². The number of benzene rings is 2. The van der Waals surface area contributed by atoms with E-state index >= 15 is 0 Å². The predicted molar refractivity (Wildman–Crippen MR) is 117 cm³/mol. The van der Waals surface area contributed by atoms with Crippen LogP contribution in [-0.4, -0.2) is 21.4 Å². The number of nitrogens with zero attached hydrogens (tertiary/aromatic N) is 2. The highest BCUT2D eigenvalue weighted by atomic mass is 32.2. The van der Waals surface area contributed by atoms with Crippen molar-refractivity contribution in [2.75, 3.05) is 11.1 Å². The molecule has 1 aromatic heterocycles. The Hall–Kier alpha value is -1.96. The molecule has 0 aliphatic carbocycles. The van der Waals surface area contributed by atoms with E-state index in [0.717, 1.165) is 26.8 Å². The normalized spacial score (nSPS) is 11.0. The average Bonchev–Trinajstić information content (AvgIpc) is 3.03. The minimum absolute atomic E-state index is 0.0384. The molecule has 1 heterocycles. The van der Waals surface area contributed by atoms with Crippen molar-refractivity contribution in [1.82, 2.24) is 9.78 Å². The number of aryl methyl sites for hydroxylation is 1. The Morgan fingerprint density at radius 2 is 1.96 bits per heavy atom. The Labute approximate surface area is 172 Å². The standard InChI is InChI=1S/C20H21N3OS3/c1-13(2)16-11-7-8-14(3)18(16)21-17(24)12-26-19-22-23(20(25)27-19)15-9-5-4-6-10-15/h4-11,13H,12H2,1-3H3,(H,21,24). The number of para-hydroxylation sites is 2. The molecule has 0 aliphatic rings. The minimum Gasteiger partial charge on any atom is -0.325 e. The molecule has 0 saturated carbocycles. The highest BCUT2D eigenvalue weighted by Gasteiger charge is 2.13. The molecule has 3 rings (SSSR count). The lowest BCUT2D eigenvalue weighted by atomic mass is 9.98. The van der Waals surface area contributed by atoms with Gasteiger partial charge in [0.2, 0.25) is 5.91 Å². The summed E-state index contributed by atoms with van der Waals surface area (Å²) in [7, 11) is 0. The van der Waals surface area contributed by atoms with Gasteiger partial charge in [-0.3, -0.25) is 4.79 Å². The van der Waals surface area contributed by atoms with Crippen LogP contribution in [0.15, 0.2) is 52.9 Å². The molecule has 0 bridgehead atoms. The van der Waals surface area contributed by atoms with Crippen LogP contribution in [0, 0.1) is 10.9 Å². The largest absolute Gasteiger partial charge is 0.325 e. The third-order valence-electron chi connectivity index (χ3n) is 4.05. The van der Waals surface area contributed by atoms with Crippen molar-refractivity contribution in [3.05, 3.63) is 63.6 Å². The summed E-state index contributed by atoms with van der Waals surface area (Å²) in [6.07, 6.45) is 0. The smallest absolute Gasteiger partial charge is 0.234 e. The van der Waals surface area contributed by atoms with Crippen LogP contribution in [0.25, 0.3) is 5.69 Å². The molecule has 0 fully saturated rings. The van der Waals surface area contributed by atoms with Gasteiger partial charge < -0.3 is 5.32 Å². The van der Waals surface area contributed by atoms with Crippen LogP contribution < -0.4 is 5.32 Å². The lowest BCUT2D eigenvalue weighted by Gasteiger charge is -2.16. The molecule has 2 aromatic carbocycles. The average molecular weight is 416 g/mol. The lowest BCUT2D eigenvalue weighted by Crippen LogP contribution is -2.16. The van der Waals surface area contributed by atoms with E-state index in [1.165, 1.54) is 23.1 Å². The van der Waals surface area contributed by atoms with E-state index in [1.54, 1.807) is 4.68 Å². The molecule has 1 N–H and O–H groups in total. The molecule has 1 amide bonds. The van der Waals surface area contributed by atoms with Crippen LogP contribution in [0.5, 0.6) is 0 Å². The number of amides is 1. The van der Waals surface area contributed by atoms with Gasteiger partial charge in [-0.25, -0.2) is 4.68 Å². The van der Waals surface area contributed by atoms with Crippen LogP contribution in [0.3, 0.4) is 0 Å². The maximum absolute atomic E-state index is 12.5. The quantitative estimate of drug-likeness (QED) is 0.407. The third kappa shape index (κ3) is 4.86. The Balaban J connectivity index is 1.68. The zero-order valence-electron chi connectivity index (χ0n) is 15.4. The van der Waals surface area contributed by atoms with Crippen LogP contribution >= 0.6 is 35.3 Å². The van der Waals surface area contributed by atoms with Crippen molar-refractivity contribution in [2.45, 2.75) is 31.0 Å². The van der Waals surface area contributed by atoms with Gasteiger partial charge in [0.25, 0.3) is 0 Å². The first kappa shape index (κ1) is 19.8. The van der Waals surface area contributed by atoms with E-state index in [0.29, 0.717) is 15.6 Å². The SMILES string of the molecule is Cc1cccc(C(C)C)c1NC(=O)CSc1nn(-c2ccccc2)c(=S)s1. The first-order valence-corrected chi connectivity index (χ1v) is 10.8. The Morgan fingerprint density at radius 1 is 1.22 bits per heavy atom. The van der Waals surface area contributed by atoms with E-state index in [9.17, 15) is 4.79 Å². The maximum atomic E-state index is 12.5.